The lowest BCUT2D eigenvalue weighted by Gasteiger charge is -2.35. The molecule has 1 saturated heterocycles. The van der Waals surface area contributed by atoms with Crippen molar-refractivity contribution in [1.82, 2.24) is 9.62 Å². The summed E-state index contributed by atoms with van der Waals surface area (Å²) in [6.07, 6.45) is 3.23. The molecular weight excluding hydrogens is 390 g/mol. The van der Waals surface area contributed by atoms with Gasteiger partial charge in [-0.15, -0.1) is 0 Å². The average molecular weight is 422 g/mol. The van der Waals surface area contributed by atoms with Gasteiger partial charge in [-0.25, -0.2) is 8.42 Å². The highest BCUT2D eigenvalue weighted by Gasteiger charge is 2.23. The van der Waals surface area contributed by atoms with Crippen LogP contribution < -0.4 is 14.4 Å². The zero-order valence-electron chi connectivity index (χ0n) is 17.5. The smallest absolute Gasteiger partial charge is 0.261 e. The molecule has 0 saturated carbocycles. The summed E-state index contributed by atoms with van der Waals surface area (Å²) in [6.45, 7) is 13.6. The molecule has 1 aliphatic heterocycles. The highest BCUT2D eigenvalue weighted by atomic mass is 32.2. The van der Waals surface area contributed by atoms with Crippen LogP contribution in [-0.4, -0.2) is 66.9 Å². The molecule has 0 aliphatic carbocycles. The molecule has 0 unspecified atom stereocenters. The van der Waals surface area contributed by atoms with Crippen LogP contribution in [0.3, 0.4) is 0 Å². The molecule has 1 fully saturated rings. The van der Waals surface area contributed by atoms with E-state index in [1.807, 2.05) is 6.92 Å². The first-order valence-electron chi connectivity index (χ1n) is 9.55. The molecule has 0 bridgehead atoms. The molecule has 1 aromatic rings. The SMILES string of the molecule is C=CC=C(COC)C(=C)NS(=O)(=O)c1ccc(OCC)c(N2CCN(C)CC2)c1. The number of anilines is 1. The normalized spacial score (nSPS) is 15.8. The van der Waals surface area contributed by atoms with Gasteiger partial charge in [0.2, 0.25) is 0 Å². The van der Waals surface area contributed by atoms with Gasteiger partial charge in [0.25, 0.3) is 10.0 Å². The number of allylic oxidation sites excluding steroid dienone is 2. The number of benzene rings is 1. The lowest BCUT2D eigenvalue weighted by atomic mass is 10.2. The lowest BCUT2D eigenvalue weighted by Crippen LogP contribution is -2.44. The summed E-state index contributed by atoms with van der Waals surface area (Å²) < 4.78 is 39.4. The number of methoxy groups -OCH3 is 1. The fourth-order valence-corrected chi connectivity index (χ4v) is 4.14. The maximum atomic E-state index is 13.0. The highest BCUT2D eigenvalue weighted by molar-refractivity contribution is 7.89. The van der Waals surface area contributed by atoms with Crippen LogP contribution in [0.4, 0.5) is 5.69 Å². The number of hydrogen-bond donors (Lipinski definition) is 1. The second kappa shape index (κ2) is 10.5. The largest absolute Gasteiger partial charge is 0.492 e. The Morgan fingerprint density at radius 1 is 1.28 bits per heavy atom. The van der Waals surface area contributed by atoms with E-state index in [9.17, 15) is 8.42 Å². The summed E-state index contributed by atoms with van der Waals surface area (Å²) >= 11 is 0. The first-order chi connectivity index (χ1) is 13.8. The Hall–Kier alpha value is -2.29. The van der Waals surface area contributed by atoms with E-state index in [1.54, 1.807) is 30.4 Å². The van der Waals surface area contributed by atoms with E-state index < -0.39 is 10.0 Å². The molecule has 1 aliphatic rings. The molecular formula is C21H31N3O4S. The molecule has 0 atom stereocenters. The Balaban J connectivity index is 2.32. The summed E-state index contributed by atoms with van der Waals surface area (Å²) in [5.74, 6) is 0.682. The summed E-state index contributed by atoms with van der Waals surface area (Å²) in [7, 11) is -0.207. The molecule has 8 heteroatoms. The number of rotatable bonds is 10. The van der Waals surface area contributed by atoms with Crippen LogP contribution in [0.2, 0.25) is 0 Å². The van der Waals surface area contributed by atoms with Gasteiger partial charge in [-0.2, -0.15) is 0 Å². The molecule has 1 N–H and O–H groups in total. The van der Waals surface area contributed by atoms with E-state index in [0.717, 1.165) is 31.9 Å². The van der Waals surface area contributed by atoms with E-state index in [2.05, 4.69) is 34.7 Å². The molecule has 0 radical (unpaired) electrons. The summed E-state index contributed by atoms with van der Waals surface area (Å²) in [5.41, 5.74) is 1.64. The van der Waals surface area contributed by atoms with Crippen molar-refractivity contribution in [2.45, 2.75) is 11.8 Å². The second-order valence-corrected chi connectivity index (χ2v) is 8.48. The Morgan fingerprint density at radius 2 is 1.97 bits per heavy atom. The summed E-state index contributed by atoms with van der Waals surface area (Å²) in [4.78, 5) is 4.56. The number of nitrogens with one attached hydrogen (secondary N) is 1. The van der Waals surface area contributed by atoms with Crippen molar-refractivity contribution < 1.29 is 17.9 Å². The van der Waals surface area contributed by atoms with Crippen molar-refractivity contribution in [2.24, 2.45) is 0 Å². The van der Waals surface area contributed by atoms with Gasteiger partial charge in [-0.3, -0.25) is 4.72 Å². The monoisotopic (exact) mass is 421 g/mol. The maximum Gasteiger partial charge on any atom is 0.261 e. The first kappa shape index (κ1) is 23.0. The number of nitrogens with zero attached hydrogens (tertiary/aromatic N) is 2. The van der Waals surface area contributed by atoms with E-state index >= 15 is 0 Å². The molecule has 7 nitrogen and oxygen atoms in total. The fraction of sp³-hybridized carbons (Fsp3) is 0.429. The summed E-state index contributed by atoms with van der Waals surface area (Å²) in [6, 6.07) is 4.93. The number of hydrogen-bond acceptors (Lipinski definition) is 6. The van der Waals surface area contributed by atoms with E-state index in [1.165, 1.54) is 7.11 Å². The van der Waals surface area contributed by atoms with Gasteiger partial charge in [0.1, 0.15) is 5.75 Å². The molecule has 0 amide bonds. The minimum atomic E-state index is -3.82. The number of likely N-dealkylation sites (N-methyl/N-ethyl adjacent to an activating group) is 1. The Morgan fingerprint density at radius 3 is 2.55 bits per heavy atom. The zero-order chi connectivity index (χ0) is 21.4. The topological polar surface area (TPSA) is 71.1 Å². The number of sulfonamides is 1. The zero-order valence-corrected chi connectivity index (χ0v) is 18.3. The van der Waals surface area contributed by atoms with Gasteiger partial charge in [-0.05, 0) is 32.2 Å². The minimum Gasteiger partial charge on any atom is -0.492 e. The van der Waals surface area contributed by atoms with Crippen LogP contribution in [0, 0.1) is 0 Å². The van der Waals surface area contributed by atoms with Crippen molar-refractivity contribution in [3.8, 4) is 5.75 Å². The van der Waals surface area contributed by atoms with Crippen LogP contribution in [0.5, 0.6) is 5.75 Å². The van der Waals surface area contributed by atoms with Crippen molar-refractivity contribution in [1.29, 1.82) is 0 Å². The Kier molecular flexibility index (Phi) is 8.31. The van der Waals surface area contributed by atoms with Crippen LogP contribution >= 0.6 is 0 Å². The van der Waals surface area contributed by atoms with Gasteiger partial charge in [0.05, 0.1) is 23.8 Å². The molecule has 29 heavy (non-hydrogen) atoms. The fourth-order valence-electron chi connectivity index (χ4n) is 3.06. The van der Waals surface area contributed by atoms with Gasteiger partial charge in [0, 0.05) is 44.6 Å². The van der Waals surface area contributed by atoms with Crippen LogP contribution in [-0.2, 0) is 14.8 Å². The van der Waals surface area contributed by atoms with E-state index in [-0.39, 0.29) is 17.2 Å². The van der Waals surface area contributed by atoms with Crippen LogP contribution in [0.1, 0.15) is 6.92 Å². The Labute approximate surface area is 174 Å². The third-order valence-electron chi connectivity index (χ3n) is 4.65. The number of ether oxygens (including phenoxy) is 2. The second-order valence-electron chi connectivity index (χ2n) is 6.80. The van der Waals surface area contributed by atoms with Gasteiger partial charge in [-0.1, -0.05) is 25.3 Å². The first-order valence-corrected chi connectivity index (χ1v) is 11.0. The molecule has 0 spiro atoms. The highest BCUT2D eigenvalue weighted by Crippen LogP contribution is 2.32. The quantitative estimate of drug-likeness (QED) is 0.585. The molecule has 1 aromatic carbocycles. The average Bonchev–Trinajstić information content (AvgIpc) is 2.68. The van der Waals surface area contributed by atoms with Crippen molar-refractivity contribution >= 4 is 15.7 Å². The van der Waals surface area contributed by atoms with Crippen molar-refractivity contribution in [3.63, 3.8) is 0 Å². The third kappa shape index (κ3) is 6.09. The van der Waals surface area contributed by atoms with Crippen molar-refractivity contribution in [2.75, 3.05) is 58.5 Å². The molecule has 160 valence electrons. The summed E-state index contributed by atoms with van der Waals surface area (Å²) in [5, 5.41) is 0. The van der Waals surface area contributed by atoms with Crippen molar-refractivity contribution in [3.05, 3.63) is 54.8 Å². The third-order valence-corrected chi connectivity index (χ3v) is 6.04. The minimum absolute atomic E-state index is 0.159. The predicted molar refractivity (Wildman–Crippen MR) is 117 cm³/mol. The lowest BCUT2D eigenvalue weighted by molar-refractivity contribution is 0.227. The predicted octanol–water partition coefficient (Wildman–Crippen LogP) is 2.39. The van der Waals surface area contributed by atoms with Gasteiger partial charge < -0.3 is 19.3 Å². The van der Waals surface area contributed by atoms with Gasteiger partial charge in [0.15, 0.2) is 0 Å². The van der Waals surface area contributed by atoms with Gasteiger partial charge >= 0.3 is 0 Å². The molecule has 2 rings (SSSR count). The van der Waals surface area contributed by atoms with E-state index in [4.69, 9.17) is 9.47 Å². The standard InChI is InChI=1S/C21H31N3O4S/c1-6-8-18(16-27-5)17(3)22-29(25,26)19-9-10-21(28-7-2)20(15-19)24-13-11-23(4)12-14-24/h6,8-10,15,22H,1,3,7,11-14,16H2,2,4-5H3. The van der Waals surface area contributed by atoms with Crippen LogP contribution in [0.25, 0.3) is 0 Å². The van der Waals surface area contributed by atoms with E-state index in [0.29, 0.717) is 17.9 Å². The van der Waals surface area contributed by atoms with Crippen LogP contribution in [0.15, 0.2) is 59.7 Å². The number of piperazine rings is 1. The molecule has 1 heterocycles. The Bertz CT molecular complexity index is 857. The molecule has 0 aromatic heterocycles. The maximum absolute atomic E-state index is 13.0.